The van der Waals surface area contributed by atoms with Crippen molar-refractivity contribution in [3.63, 3.8) is 0 Å². The molecule has 0 aromatic heterocycles. The maximum absolute atomic E-state index is 12.2. The van der Waals surface area contributed by atoms with Crippen molar-refractivity contribution in [3.05, 3.63) is 42.5 Å². The predicted octanol–water partition coefficient (Wildman–Crippen LogP) is 4.28. The predicted molar refractivity (Wildman–Crippen MR) is 79.0 cm³/mol. The molecule has 0 saturated heterocycles. The van der Waals surface area contributed by atoms with Crippen molar-refractivity contribution in [1.29, 1.82) is 0 Å². The van der Waals surface area contributed by atoms with E-state index in [1.165, 1.54) is 12.1 Å². The molecule has 2 aromatic rings. The number of benzene rings is 2. The van der Waals surface area contributed by atoms with Crippen LogP contribution in [0.15, 0.2) is 42.5 Å². The lowest BCUT2D eigenvalue weighted by molar-refractivity contribution is -0.153. The second kappa shape index (κ2) is 6.60. The average molecular weight is 311 g/mol. The molecular weight excluding hydrogens is 295 g/mol. The molecule has 2 N–H and O–H groups in total. The summed E-state index contributed by atoms with van der Waals surface area (Å²) in [6, 6.07) is 11.8. The van der Waals surface area contributed by atoms with Crippen molar-refractivity contribution in [2.45, 2.75) is 13.1 Å². The van der Waals surface area contributed by atoms with Crippen LogP contribution in [0.2, 0.25) is 0 Å². The number of nitrogens with two attached hydrogens (primary N) is 1. The van der Waals surface area contributed by atoms with E-state index in [9.17, 15) is 13.2 Å². The molecule has 0 heterocycles. The van der Waals surface area contributed by atoms with E-state index in [0.29, 0.717) is 23.6 Å². The molecule has 118 valence electrons. The van der Waals surface area contributed by atoms with Gasteiger partial charge < -0.3 is 15.2 Å². The minimum atomic E-state index is -4.38. The molecule has 0 radical (unpaired) electrons. The van der Waals surface area contributed by atoms with E-state index >= 15 is 0 Å². The van der Waals surface area contributed by atoms with E-state index in [-0.39, 0.29) is 5.75 Å². The first-order valence-electron chi connectivity index (χ1n) is 6.72. The lowest BCUT2D eigenvalue weighted by atomic mass is 10.0. The Morgan fingerprint density at radius 3 is 2.36 bits per heavy atom. The van der Waals surface area contributed by atoms with Gasteiger partial charge in [-0.1, -0.05) is 18.2 Å². The summed E-state index contributed by atoms with van der Waals surface area (Å²) in [5.41, 5.74) is 7.73. The highest BCUT2D eigenvalue weighted by molar-refractivity contribution is 5.81. The van der Waals surface area contributed by atoms with Gasteiger partial charge in [0.1, 0.15) is 11.5 Å². The highest BCUT2D eigenvalue weighted by atomic mass is 19.4. The second-order valence-electron chi connectivity index (χ2n) is 4.58. The normalized spacial score (nSPS) is 11.3. The molecule has 0 spiro atoms. The van der Waals surface area contributed by atoms with Crippen molar-refractivity contribution >= 4 is 5.69 Å². The summed E-state index contributed by atoms with van der Waals surface area (Å²) in [7, 11) is 0. The van der Waals surface area contributed by atoms with E-state index in [4.69, 9.17) is 10.5 Å². The summed E-state index contributed by atoms with van der Waals surface area (Å²) in [4.78, 5) is 0. The fourth-order valence-corrected chi connectivity index (χ4v) is 2.01. The average Bonchev–Trinajstić information content (AvgIpc) is 2.46. The topological polar surface area (TPSA) is 44.5 Å². The Morgan fingerprint density at radius 1 is 1.00 bits per heavy atom. The summed E-state index contributed by atoms with van der Waals surface area (Å²) in [6.45, 7) is 1.03. The van der Waals surface area contributed by atoms with E-state index in [0.717, 1.165) is 5.56 Å². The zero-order chi connectivity index (χ0) is 16.2. The van der Waals surface area contributed by atoms with Crippen LogP contribution in [0, 0.1) is 0 Å². The number of nitrogen functional groups attached to an aromatic ring is 1. The third-order valence-electron chi connectivity index (χ3n) is 2.90. The quantitative estimate of drug-likeness (QED) is 0.838. The maximum Gasteiger partial charge on any atom is 0.422 e. The third kappa shape index (κ3) is 4.07. The minimum Gasteiger partial charge on any atom is -0.493 e. The molecule has 0 atom stereocenters. The minimum absolute atomic E-state index is 0.0764. The van der Waals surface area contributed by atoms with Gasteiger partial charge in [-0.25, -0.2) is 0 Å². The van der Waals surface area contributed by atoms with Crippen molar-refractivity contribution in [2.24, 2.45) is 0 Å². The van der Waals surface area contributed by atoms with E-state index in [1.54, 1.807) is 6.07 Å². The van der Waals surface area contributed by atoms with Crippen molar-refractivity contribution < 1.29 is 22.6 Å². The second-order valence-corrected chi connectivity index (χ2v) is 4.58. The van der Waals surface area contributed by atoms with E-state index in [1.807, 2.05) is 31.2 Å². The number of halogens is 3. The van der Waals surface area contributed by atoms with Crippen LogP contribution in [0.5, 0.6) is 11.5 Å². The summed E-state index contributed by atoms with van der Waals surface area (Å²) in [6.07, 6.45) is -4.38. The maximum atomic E-state index is 12.2. The van der Waals surface area contributed by atoms with Crippen LogP contribution >= 0.6 is 0 Å². The molecule has 22 heavy (non-hydrogen) atoms. The molecule has 2 aromatic carbocycles. The van der Waals surface area contributed by atoms with Crippen LogP contribution < -0.4 is 15.2 Å². The van der Waals surface area contributed by atoms with Crippen molar-refractivity contribution in [1.82, 2.24) is 0 Å². The Balaban J connectivity index is 2.27. The molecule has 0 bridgehead atoms. The number of para-hydroxylation sites is 1. The zero-order valence-corrected chi connectivity index (χ0v) is 12.0. The summed E-state index contributed by atoms with van der Waals surface area (Å²) < 4.78 is 46.7. The highest BCUT2D eigenvalue weighted by Crippen LogP contribution is 2.35. The largest absolute Gasteiger partial charge is 0.493 e. The molecular formula is C16H16F3NO2. The molecule has 0 saturated carbocycles. The first kappa shape index (κ1) is 16.0. The fourth-order valence-electron chi connectivity index (χ4n) is 2.01. The van der Waals surface area contributed by atoms with Gasteiger partial charge in [0.05, 0.1) is 6.61 Å². The van der Waals surface area contributed by atoms with Crippen molar-refractivity contribution in [3.8, 4) is 22.6 Å². The Labute approximate surface area is 126 Å². The molecule has 0 aliphatic heterocycles. The van der Waals surface area contributed by atoms with Gasteiger partial charge in [-0.2, -0.15) is 13.2 Å². The van der Waals surface area contributed by atoms with Gasteiger partial charge in [0.15, 0.2) is 6.61 Å². The Kier molecular flexibility index (Phi) is 4.80. The molecule has 0 unspecified atom stereocenters. The first-order chi connectivity index (χ1) is 10.4. The molecule has 0 aliphatic carbocycles. The summed E-state index contributed by atoms with van der Waals surface area (Å²) in [5.74, 6) is 0.744. The fraction of sp³-hybridized carbons (Fsp3) is 0.250. The molecule has 0 fully saturated rings. The van der Waals surface area contributed by atoms with Gasteiger partial charge in [0, 0.05) is 22.9 Å². The van der Waals surface area contributed by atoms with Gasteiger partial charge >= 0.3 is 6.18 Å². The van der Waals surface area contributed by atoms with Crippen LogP contribution in [0.25, 0.3) is 11.1 Å². The Bertz CT molecular complexity index is 642. The van der Waals surface area contributed by atoms with Crippen LogP contribution in [0.3, 0.4) is 0 Å². The van der Waals surface area contributed by atoms with Gasteiger partial charge in [0.25, 0.3) is 0 Å². The standard InChI is InChI=1S/C16H16F3NO2/c1-2-21-15-6-4-3-5-13(15)12-8-7-11(9-14(12)20)22-10-16(17,18)19/h3-9H,2,10,20H2,1H3. The number of rotatable bonds is 5. The lowest BCUT2D eigenvalue weighted by Gasteiger charge is -2.14. The van der Waals surface area contributed by atoms with Gasteiger partial charge in [0.2, 0.25) is 0 Å². The number of hydrogen-bond donors (Lipinski definition) is 1. The van der Waals surface area contributed by atoms with Gasteiger partial charge in [-0.15, -0.1) is 0 Å². The highest BCUT2D eigenvalue weighted by Gasteiger charge is 2.28. The van der Waals surface area contributed by atoms with Crippen LogP contribution in [0.4, 0.5) is 18.9 Å². The van der Waals surface area contributed by atoms with E-state index < -0.39 is 12.8 Å². The molecule has 2 rings (SSSR count). The SMILES string of the molecule is CCOc1ccccc1-c1ccc(OCC(F)(F)F)cc1N. The van der Waals surface area contributed by atoms with Gasteiger partial charge in [-0.05, 0) is 25.1 Å². The number of hydrogen-bond acceptors (Lipinski definition) is 3. The number of ether oxygens (including phenoxy) is 2. The lowest BCUT2D eigenvalue weighted by Crippen LogP contribution is -2.19. The van der Waals surface area contributed by atoms with Gasteiger partial charge in [-0.3, -0.25) is 0 Å². The van der Waals surface area contributed by atoms with Crippen LogP contribution in [0.1, 0.15) is 6.92 Å². The Morgan fingerprint density at radius 2 is 1.73 bits per heavy atom. The van der Waals surface area contributed by atoms with Crippen LogP contribution in [-0.4, -0.2) is 19.4 Å². The third-order valence-corrected chi connectivity index (χ3v) is 2.90. The summed E-state index contributed by atoms with van der Waals surface area (Å²) >= 11 is 0. The van der Waals surface area contributed by atoms with Crippen LogP contribution in [-0.2, 0) is 0 Å². The first-order valence-corrected chi connectivity index (χ1v) is 6.72. The number of alkyl halides is 3. The molecule has 0 aliphatic rings. The number of anilines is 1. The summed E-state index contributed by atoms with van der Waals surface area (Å²) in [5, 5.41) is 0. The zero-order valence-electron chi connectivity index (χ0n) is 12.0. The molecule has 6 heteroatoms. The molecule has 0 amide bonds. The van der Waals surface area contributed by atoms with Crippen molar-refractivity contribution in [2.75, 3.05) is 18.9 Å². The molecule has 3 nitrogen and oxygen atoms in total. The Hall–Kier alpha value is -2.37. The monoisotopic (exact) mass is 311 g/mol. The smallest absolute Gasteiger partial charge is 0.422 e. The van der Waals surface area contributed by atoms with E-state index in [2.05, 4.69) is 4.74 Å².